The number of benzene rings is 1. The Morgan fingerprint density at radius 2 is 1.94 bits per heavy atom. The molecule has 0 aliphatic carbocycles. The molecule has 2 atom stereocenters. The molecule has 0 amide bonds. The first kappa shape index (κ1) is 12.6. The van der Waals surface area contributed by atoms with E-state index in [1.165, 1.54) is 18.5 Å². The van der Waals surface area contributed by atoms with Gasteiger partial charge in [-0.3, -0.25) is 4.90 Å². The second-order valence-electron chi connectivity index (χ2n) is 5.89. The molecule has 1 aliphatic heterocycles. The smallest absolute Gasteiger partial charge is 0.0320 e. The van der Waals surface area contributed by atoms with Gasteiger partial charge in [0.15, 0.2) is 0 Å². The lowest BCUT2D eigenvalue weighted by atomic mass is 9.88. The van der Waals surface area contributed by atoms with Crippen LogP contribution in [0.15, 0.2) is 30.3 Å². The Hall–Kier alpha value is -0.860. The van der Waals surface area contributed by atoms with Gasteiger partial charge in [-0.25, -0.2) is 0 Å². The van der Waals surface area contributed by atoms with Crippen LogP contribution in [0.3, 0.4) is 0 Å². The first-order valence-electron chi connectivity index (χ1n) is 6.56. The Balaban J connectivity index is 2.02. The largest absolute Gasteiger partial charge is 0.325 e. The summed E-state index contributed by atoms with van der Waals surface area (Å²) in [5.74, 6) is 0.619. The molecule has 1 aliphatic rings. The van der Waals surface area contributed by atoms with Crippen LogP contribution in [0.25, 0.3) is 0 Å². The predicted octanol–water partition coefficient (Wildman–Crippen LogP) is 2.81. The van der Waals surface area contributed by atoms with Gasteiger partial charge < -0.3 is 5.73 Å². The molecule has 0 unspecified atom stereocenters. The highest BCUT2D eigenvalue weighted by molar-refractivity contribution is 5.18. The quantitative estimate of drug-likeness (QED) is 0.868. The maximum Gasteiger partial charge on any atom is 0.0320 e. The molecule has 0 saturated carbocycles. The second kappa shape index (κ2) is 4.79. The molecule has 1 heterocycles. The fraction of sp³-hybridized carbons (Fsp3) is 0.600. The van der Waals surface area contributed by atoms with E-state index in [1.807, 2.05) is 0 Å². The van der Waals surface area contributed by atoms with Gasteiger partial charge in [-0.15, -0.1) is 0 Å². The van der Waals surface area contributed by atoms with Crippen molar-refractivity contribution in [1.29, 1.82) is 0 Å². The molecule has 0 aromatic heterocycles. The Bertz CT molecular complexity index is 353. The van der Waals surface area contributed by atoms with E-state index < -0.39 is 0 Å². The van der Waals surface area contributed by atoms with Crippen molar-refractivity contribution in [3.63, 3.8) is 0 Å². The summed E-state index contributed by atoms with van der Waals surface area (Å²) in [6.07, 6.45) is 1.22. The molecule has 1 aromatic carbocycles. The number of hydrogen-bond acceptors (Lipinski definition) is 2. The molecular weight excluding hydrogens is 208 g/mol. The molecule has 2 rings (SSSR count). The normalized spacial score (nSPS) is 23.9. The minimum Gasteiger partial charge on any atom is -0.325 e. The van der Waals surface area contributed by atoms with Gasteiger partial charge in [0, 0.05) is 18.1 Å². The Kier molecular flexibility index (Phi) is 3.55. The lowest BCUT2D eigenvalue weighted by Gasteiger charge is -2.29. The summed E-state index contributed by atoms with van der Waals surface area (Å²) in [4.78, 5) is 2.55. The van der Waals surface area contributed by atoms with E-state index in [0.717, 1.165) is 6.54 Å². The first-order valence-corrected chi connectivity index (χ1v) is 6.56. The molecule has 2 heteroatoms. The van der Waals surface area contributed by atoms with Crippen molar-refractivity contribution in [3.05, 3.63) is 35.9 Å². The molecule has 0 spiro atoms. The molecule has 2 nitrogen and oxygen atoms in total. The van der Waals surface area contributed by atoms with Gasteiger partial charge in [0.1, 0.15) is 0 Å². The Morgan fingerprint density at radius 3 is 2.47 bits per heavy atom. The van der Waals surface area contributed by atoms with E-state index in [9.17, 15) is 0 Å². The van der Waals surface area contributed by atoms with Crippen LogP contribution in [-0.4, -0.2) is 23.5 Å². The van der Waals surface area contributed by atoms with Crippen molar-refractivity contribution >= 4 is 0 Å². The van der Waals surface area contributed by atoms with Crippen molar-refractivity contribution in [2.75, 3.05) is 13.1 Å². The third-order valence-electron chi connectivity index (χ3n) is 4.10. The van der Waals surface area contributed by atoms with E-state index in [0.29, 0.717) is 12.0 Å². The Morgan fingerprint density at radius 1 is 1.29 bits per heavy atom. The average Bonchev–Trinajstić information content (AvgIpc) is 2.78. The summed E-state index contributed by atoms with van der Waals surface area (Å²) in [6.45, 7) is 8.88. The standard InChI is InChI=1S/C15H24N2/c1-12(13-7-5-4-6-8-13)17-10-9-14(11-17)15(2,3)16/h4-8,12,14H,9-11,16H2,1-3H3/t12-,14+/m0/s1. The third kappa shape index (κ3) is 2.88. The fourth-order valence-electron chi connectivity index (χ4n) is 2.69. The molecule has 1 aromatic rings. The third-order valence-corrected chi connectivity index (χ3v) is 4.10. The molecule has 0 radical (unpaired) electrons. The summed E-state index contributed by atoms with van der Waals surface area (Å²) in [5.41, 5.74) is 7.57. The van der Waals surface area contributed by atoms with Crippen LogP contribution in [-0.2, 0) is 0 Å². The minimum atomic E-state index is -0.0504. The van der Waals surface area contributed by atoms with E-state index in [4.69, 9.17) is 5.73 Å². The molecule has 17 heavy (non-hydrogen) atoms. The van der Waals surface area contributed by atoms with Crippen LogP contribution in [0.4, 0.5) is 0 Å². The van der Waals surface area contributed by atoms with Crippen molar-refractivity contribution in [2.24, 2.45) is 11.7 Å². The molecule has 0 bridgehead atoms. The van der Waals surface area contributed by atoms with Crippen molar-refractivity contribution in [3.8, 4) is 0 Å². The highest BCUT2D eigenvalue weighted by Crippen LogP contribution is 2.31. The van der Waals surface area contributed by atoms with Gasteiger partial charge in [-0.2, -0.15) is 0 Å². The van der Waals surface area contributed by atoms with Crippen LogP contribution in [0.1, 0.15) is 38.8 Å². The van der Waals surface area contributed by atoms with Gasteiger partial charge in [-0.1, -0.05) is 30.3 Å². The summed E-state index contributed by atoms with van der Waals surface area (Å²) < 4.78 is 0. The van der Waals surface area contributed by atoms with Crippen molar-refractivity contribution < 1.29 is 0 Å². The highest BCUT2D eigenvalue weighted by atomic mass is 15.2. The molecule has 1 fully saturated rings. The van der Waals surface area contributed by atoms with E-state index >= 15 is 0 Å². The number of likely N-dealkylation sites (tertiary alicyclic amines) is 1. The van der Waals surface area contributed by atoms with Gasteiger partial charge in [0.2, 0.25) is 0 Å². The topological polar surface area (TPSA) is 29.3 Å². The van der Waals surface area contributed by atoms with Gasteiger partial charge in [0.25, 0.3) is 0 Å². The van der Waals surface area contributed by atoms with Crippen molar-refractivity contribution in [1.82, 2.24) is 4.90 Å². The SMILES string of the molecule is C[C@@H](c1ccccc1)N1CC[C@@H](C(C)(C)N)C1. The van der Waals surface area contributed by atoms with E-state index in [2.05, 4.69) is 56.0 Å². The Labute approximate surface area is 105 Å². The van der Waals surface area contributed by atoms with Crippen LogP contribution >= 0.6 is 0 Å². The maximum atomic E-state index is 6.22. The lowest BCUT2D eigenvalue weighted by Crippen LogP contribution is -2.42. The zero-order chi connectivity index (χ0) is 12.5. The number of rotatable bonds is 3. The van der Waals surface area contributed by atoms with Crippen molar-refractivity contribution in [2.45, 2.75) is 38.8 Å². The predicted molar refractivity (Wildman–Crippen MR) is 72.8 cm³/mol. The van der Waals surface area contributed by atoms with Crippen LogP contribution < -0.4 is 5.73 Å². The van der Waals surface area contributed by atoms with E-state index in [-0.39, 0.29) is 5.54 Å². The molecule has 2 N–H and O–H groups in total. The first-order chi connectivity index (χ1) is 7.98. The van der Waals surface area contributed by atoms with Crippen LogP contribution in [0.5, 0.6) is 0 Å². The zero-order valence-electron chi connectivity index (χ0n) is 11.2. The van der Waals surface area contributed by atoms with Gasteiger partial charge in [0.05, 0.1) is 0 Å². The van der Waals surface area contributed by atoms with Gasteiger partial charge in [-0.05, 0) is 45.2 Å². The second-order valence-corrected chi connectivity index (χ2v) is 5.89. The lowest BCUT2D eigenvalue weighted by molar-refractivity contribution is 0.232. The minimum absolute atomic E-state index is 0.0504. The maximum absolute atomic E-state index is 6.22. The zero-order valence-corrected chi connectivity index (χ0v) is 11.2. The van der Waals surface area contributed by atoms with E-state index in [1.54, 1.807) is 0 Å². The fourth-order valence-corrected chi connectivity index (χ4v) is 2.69. The van der Waals surface area contributed by atoms with Crippen LogP contribution in [0, 0.1) is 5.92 Å². The summed E-state index contributed by atoms with van der Waals surface area (Å²) in [6, 6.07) is 11.2. The summed E-state index contributed by atoms with van der Waals surface area (Å²) in [7, 11) is 0. The molecular formula is C15H24N2. The summed E-state index contributed by atoms with van der Waals surface area (Å²) in [5, 5.41) is 0. The summed E-state index contributed by atoms with van der Waals surface area (Å²) >= 11 is 0. The number of hydrogen-bond donors (Lipinski definition) is 1. The molecule has 94 valence electrons. The van der Waals surface area contributed by atoms with Crippen LogP contribution in [0.2, 0.25) is 0 Å². The average molecular weight is 232 g/mol. The van der Waals surface area contributed by atoms with Gasteiger partial charge >= 0.3 is 0 Å². The highest BCUT2D eigenvalue weighted by Gasteiger charge is 2.34. The number of nitrogens with zero attached hydrogens (tertiary/aromatic N) is 1. The monoisotopic (exact) mass is 232 g/mol. The number of nitrogens with two attached hydrogens (primary N) is 1. The molecule has 1 saturated heterocycles.